The minimum atomic E-state index is -0.0855. The molecule has 0 saturated carbocycles. The maximum Gasteiger partial charge on any atom is 0.263 e. The highest BCUT2D eigenvalue weighted by Gasteiger charge is 2.17. The number of aromatic nitrogens is 2. The molecule has 0 aliphatic carbocycles. The van der Waals surface area contributed by atoms with Crippen LogP contribution in [0.5, 0.6) is 0 Å². The van der Waals surface area contributed by atoms with Gasteiger partial charge in [-0.15, -0.1) is 11.3 Å². The van der Waals surface area contributed by atoms with Gasteiger partial charge in [-0.25, -0.2) is 4.98 Å². The molecule has 0 aliphatic rings. The van der Waals surface area contributed by atoms with Crippen LogP contribution in [0.1, 0.15) is 29.3 Å². The lowest BCUT2D eigenvalue weighted by Crippen LogP contribution is -2.27. The summed E-state index contributed by atoms with van der Waals surface area (Å²) in [5.74, 6) is 0.122. The van der Waals surface area contributed by atoms with Crippen molar-refractivity contribution in [3.05, 3.63) is 56.7 Å². The summed E-state index contributed by atoms with van der Waals surface area (Å²) in [6.45, 7) is 8.16. The monoisotopic (exact) mass is 445 g/mol. The number of hydrogen-bond donors (Lipinski definition) is 1. The quantitative estimate of drug-likeness (QED) is 0.291. The van der Waals surface area contributed by atoms with Crippen molar-refractivity contribution < 1.29 is 9.53 Å². The average Bonchev–Trinajstić information content (AvgIpc) is 3.04. The van der Waals surface area contributed by atoms with E-state index < -0.39 is 0 Å². The zero-order valence-electron chi connectivity index (χ0n) is 17.6. The van der Waals surface area contributed by atoms with Crippen molar-refractivity contribution in [1.82, 2.24) is 14.9 Å². The Balaban J connectivity index is 1.75. The summed E-state index contributed by atoms with van der Waals surface area (Å²) in [5, 5.41) is 4.19. The van der Waals surface area contributed by atoms with E-state index >= 15 is 0 Å². The molecule has 3 rings (SSSR count). The van der Waals surface area contributed by atoms with Gasteiger partial charge in [0.25, 0.3) is 5.56 Å². The third-order valence-corrected chi connectivity index (χ3v) is 6.87. The van der Waals surface area contributed by atoms with Crippen LogP contribution in [0, 0.1) is 13.8 Å². The zero-order valence-corrected chi connectivity index (χ0v) is 19.2. The van der Waals surface area contributed by atoms with Crippen molar-refractivity contribution in [3.63, 3.8) is 0 Å². The third-order valence-electron chi connectivity index (χ3n) is 4.79. The van der Waals surface area contributed by atoms with Gasteiger partial charge >= 0.3 is 0 Å². The maximum atomic E-state index is 13.2. The molecule has 8 heteroatoms. The Hall–Kier alpha value is -2.16. The number of benzene rings is 1. The number of hydrogen-bond acceptors (Lipinski definition) is 6. The first-order valence-electron chi connectivity index (χ1n) is 10.0. The largest absolute Gasteiger partial charge is 0.382 e. The summed E-state index contributed by atoms with van der Waals surface area (Å²) in [4.78, 5) is 32.1. The standard InChI is InChI=1S/C22H27N3O3S2/c1-4-28-12-8-11-25-21(27)19-15(2)16(3)30-20(19)24-22(25)29-14-18(26)23-13-17-9-6-5-7-10-17/h5-7,9-10H,4,8,11-14H2,1-3H3,(H,23,26). The lowest BCUT2D eigenvalue weighted by Gasteiger charge is -2.12. The van der Waals surface area contributed by atoms with Crippen LogP contribution in [0.3, 0.4) is 0 Å². The fourth-order valence-electron chi connectivity index (χ4n) is 3.06. The Morgan fingerprint density at radius 1 is 1.27 bits per heavy atom. The molecule has 0 atom stereocenters. The Morgan fingerprint density at radius 3 is 2.77 bits per heavy atom. The predicted octanol–water partition coefficient (Wildman–Crippen LogP) is 3.91. The zero-order chi connectivity index (χ0) is 21.5. The molecule has 1 N–H and O–H groups in total. The summed E-state index contributed by atoms with van der Waals surface area (Å²) < 4.78 is 7.11. The van der Waals surface area contributed by atoms with Crippen LogP contribution >= 0.6 is 23.1 Å². The van der Waals surface area contributed by atoms with E-state index in [1.54, 1.807) is 4.57 Å². The normalized spacial score (nSPS) is 11.2. The molecule has 0 aliphatic heterocycles. The van der Waals surface area contributed by atoms with E-state index in [2.05, 4.69) is 5.32 Å². The number of carbonyl (C=O) groups excluding carboxylic acids is 1. The Bertz CT molecular complexity index is 1060. The van der Waals surface area contributed by atoms with Gasteiger partial charge in [-0.2, -0.15) is 0 Å². The lowest BCUT2D eigenvalue weighted by atomic mass is 10.2. The smallest absolute Gasteiger partial charge is 0.263 e. The van der Waals surface area contributed by atoms with Crippen LogP contribution in [0.4, 0.5) is 0 Å². The molecule has 1 amide bonds. The number of nitrogens with one attached hydrogen (secondary N) is 1. The lowest BCUT2D eigenvalue weighted by molar-refractivity contribution is -0.118. The first-order valence-corrected chi connectivity index (χ1v) is 11.8. The number of fused-ring (bicyclic) bond motifs is 1. The Kier molecular flexibility index (Phi) is 8.07. The number of rotatable bonds is 10. The van der Waals surface area contributed by atoms with Crippen molar-refractivity contribution in [3.8, 4) is 0 Å². The molecule has 0 saturated heterocycles. The van der Waals surface area contributed by atoms with Gasteiger partial charge in [0.05, 0.1) is 11.1 Å². The van der Waals surface area contributed by atoms with Crippen LogP contribution in [0.15, 0.2) is 40.3 Å². The van der Waals surface area contributed by atoms with Crippen molar-refractivity contribution >= 4 is 39.2 Å². The highest BCUT2D eigenvalue weighted by Crippen LogP contribution is 2.28. The van der Waals surface area contributed by atoms with E-state index in [0.717, 1.165) is 27.3 Å². The third kappa shape index (κ3) is 5.50. The fraction of sp³-hybridized carbons (Fsp3) is 0.409. The average molecular weight is 446 g/mol. The molecule has 6 nitrogen and oxygen atoms in total. The van der Waals surface area contributed by atoms with Gasteiger partial charge in [0, 0.05) is 31.2 Å². The molecular weight excluding hydrogens is 418 g/mol. The molecule has 1 aromatic carbocycles. The van der Waals surface area contributed by atoms with E-state index in [-0.39, 0.29) is 17.2 Å². The van der Waals surface area contributed by atoms with Crippen LogP contribution < -0.4 is 10.9 Å². The van der Waals surface area contributed by atoms with Crippen molar-refractivity contribution in [1.29, 1.82) is 0 Å². The first-order chi connectivity index (χ1) is 14.5. The maximum absolute atomic E-state index is 13.2. The number of nitrogens with zero attached hydrogens (tertiary/aromatic N) is 2. The van der Waals surface area contributed by atoms with Crippen LogP contribution in [0.25, 0.3) is 10.2 Å². The van der Waals surface area contributed by atoms with Crippen molar-refractivity contribution in [2.45, 2.75) is 45.4 Å². The molecule has 0 fully saturated rings. The summed E-state index contributed by atoms with van der Waals surface area (Å²) in [5.41, 5.74) is 2.00. The first kappa shape index (κ1) is 22.5. The van der Waals surface area contributed by atoms with E-state index in [0.29, 0.717) is 36.8 Å². The minimum absolute atomic E-state index is 0.0365. The highest BCUT2D eigenvalue weighted by atomic mass is 32.2. The van der Waals surface area contributed by atoms with Crippen molar-refractivity contribution in [2.24, 2.45) is 0 Å². The van der Waals surface area contributed by atoms with Gasteiger partial charge in [-0.1, -0.05) is 42.1 Å². The molecule has 0 unspecified atom stereocenters. The number of aryl methyl sites for hydroxylation is 2. The van der Waals surface area contributed by atoms with Crippen LogP contribution in [-0.2, 0) is 22.6 Å². The summed E-state index contributed by atoms with van der Waals surface area (Å²) >= 11 is 2.83. The number of carbonyl (C=O) groups is 1. The van der Waals surface area contributed by atoms with Crippen LogP contribution in [-0.4, -0.2) is 34.4 Å². The van der Waals surface area contributed by atoms with Gasteiger partial charge in [0.2, 0.25) is 5.91 Å². The summed E-state index contributed by atoms with van der Waals surface area (Å²) in [6.07, 6.45) is 0.719. The van der Waals surface area contributed by atoms with Crippen molar-refractivity contribution in [2.75, 3.05) is 19.0 Å². The number of amides is 1. The molecule has 30 heavy (non-hydrogen) atoms. The second kappa shape index (κ2) is 10.7. The summed E-state index contributed by atoms with van der Waals surface area (Å²) in [7, 11) is 0. The fourth-order valence-corrected chi connectivity index (χ4v) is 4.99. The predicted molar refractivity (Wildman–Crippen MR) is 123 cm³/mol. The Morgan fingerprint density at radius 2 is 2.03 bits per heavy atom. The molecule has 2 heterocycles. The van der Waals surface area contributed by atoms with Crippen LogP contribution in [0.2, 0.25) is 0 Å². The molecule has 160 valence electrons. The number of thioether (sulfide) groups is 1. The second-order valence-corrected chi connectivity index (χ2v) is 9.06. The van der Waals surface area contributed by atoms with Gasteiger partial charge in [-0.3, -0.25) is 14.2 Å². The van der Waals surface area contributed by atoms with Gasteiger partial charge in [0.1, 0.15) is 4.83 Å². The molecule has 0 bridgehead atoms. The van der Waals surface area contributed by atoms with E-state index in [1.807, 2.05) is 51.1 Å². The minimum Gasteiger partial charge on any atom is -0.382 e. The molecule has 3 aromatic rings. The van der Waals surface area contributed by atoms with E-state index in [9.17, 15) is 9.59 Å². The number of thiophene rings is 1. The highest BCUT2D eigenvalue weighted by molar-refractivity contribution is 7.99. The van der Waals surface area contributed by atoms with E-state index in [4.69, 9.17) is 9.72 Å². The summed E-state index contributed by atoms with van der Waals surface area (Å²) in [6, 6.07) is 9.78. The molecule has 0 spiro atoms. The SMILES string of the molecule is CCOCCCn1c(SCC(=O)NCc2ccccc2)nc2sc(C)c(C)c2c1=O. The Labute approximate surface area is 184 Å². The molecule has 2 aromatic heterocycles. The van der Waals surface area contributed by atoms with Gasteiger partial charge in [0.15, 0.2) is 5.16 Å². The topological polar surface area (TPSA) is 73.2 Å². The molecular formula is C22H27N3O3S2. The van der Waals surface area contributed by atoms with E-state index in [1.165, 1.54) is 23.1 Å². The number of ether oxygens (including phenoxy) is 1. The second-order valence-electron chi connectivity index (χ2n) is 6.92. The van der Waals surface area contributed by atoms with Gasteiger partial charge < -0.3 is 10.1 Å². The van der Waals surface area contributed by atoms with Gasteiger partial charge in [-0.05, 0) is 38.3 Å². The molecule has 0 radical (unpaired) electrons.